The Hall–Kier alpha value is -3.03. The van der Waals surface area contributed by atoms with Gasteiger partial charge in [-0.3, -0.25) is 4.79 Å². The molecule has 150 valence electrons. The maximum absolute atomic E-state index is 12.7. The molecule has 0 saturated heterocycles. The lowest BCUT2D eigenvalue weighted by atomic mass is 9.94. The Kier molecular flexibility index (Phi) is 5.06. The van der Waals surface area contributed by atoms with E-state index in [1.165, 1.54) is 0 Å². The first kappa shape index (κ1) is 19.7. The van der Waals surface area contributed by atoms with Gasteiger partial charge in [0.15, 0.2) is 5.82 Å². The highest BCUT2D eigenvalue weighted by Gasteiger charge is 2.37. The van der Waals surface area contributed by atoms with Crippen molar-refractivity contribution in [3.05, 3.63) is 24.4 Å². The summed E-state index contributed by atoms with van der Waals surface area (Å²) in [7, 11) is 3.34. The van der Waals surface area contributed by atoms with Crippen LogP contribution < -0.4 is 25.6 Å². The second-order valence-corrected chi connectivity index (χ2v) is 8.25. The molecule has 1 amide bonds. The Balaban J connectivity index is 2.01. The first-order chi connectivity index (χ1) is 13.1. The third-order valence-corrected chi connectivity index (χ3v) is 4.66. The molecule has 2 heterocycles. The molecule has 3 rings (SSSR count). The number of nitrogen functional groups attached to an aromatic ring is 1. The van der Waals surface area contributed by atoms with Gasteiger partial charge in [0.2, 0.25) is 11.9 Å². The second kappa shape index (κ2) is 7.18. The van der Waals surface area contributed by atoms with Crippen molar-refractivity contribution in [2.45, 2.75) is 33.7 Å². The van der Waals surface area contributed by atoms with Crippen LogP contribution in [0.1, 0.15) is 27.7 Å². The topological polar surface area (TPSA) is 96.6 Å². The van der Waals surface area contributed by atoms with Crippen LogP contribution in [-0.4, -0.2) is 42.6 Å². The van der Waals surface area contributed by atoms with Crippen molar-refractivity contribution in [1.82, 2.24) is 9.97 Å². The number of hydrogen-bond acceptors (Lipinski definition) is 7. The van der Waals surface area contributed by atoms with Gasteiger partial charge in [0.25, 0.3) is 0 Å². The van der Waals surface area contributed by atoms with Crippen molar-refractivity contribution in [2.24, 2.45) is 5.41 Å². The molecule has 0 unspecified atom stereocenters. The van der Waals surface area contributed by atoms with Crippen LogP contribution in [0.3, 0.4) is 0 Å². The van der Waals surface area contributed by atoms with Gasteiger partial charge in [-0.1, -0.05) is 20.8 Å². The summed E-state index contributed by atoms with van der Waals surface area (Å²) in [5.41, 5.74) is 7.85. The van der Waals surface area contributed by atoms with E-state index in [9.17, 15) is 4.79 Å². The van der Waals surface area contributed by atoms with Crippen molar-refractivity contribution in [3.8, 4) is 5.75 Å². The molecule has 2 aromatic rings. The van der Waals surface area contributed by atoms with Crippen LogP contribution in [0.5, 0.6) is 5.75 Å². The van der Waals surface area contributed by atoms with Crippen molar-refractivity contribution >= 4 is 34.7 Å². The van der Waals surface area contributed by atoms with Crippen LogP contribution in [0.25, 0.3) is 0 Å². The molecule has 0 aliphatic carbocycles. The summed E-state index contributed by atoms with van der Waals surface area (Å²) in [4.78, 5) is 25.5. The second-order valence-electron chi connectivity index (χ2n) is 8.25. The monoisotopic (exact) mass is 384 g/mol. The van der Waals surface area contributed by atoms with Crippen LogP contribution in [0.4, 0.5) is 28.8 Å². The number of methoxy groups -OCH3 is 1. The molecule has 0 saturated carbocycles. The zero-order chi connectivity index (χ0) is 20.6. The smallest absolute Gasteiger partial charge is 0.249 e. The van der Waals surface area contributed by atoms with Crippen LogP contribution in [0.15, 0.2) is 24.4 Å². The van der Waals surface area contributed by atoms with E-state index < -0.39 is 0 Å². The standard InChI is InChI=1S/C20H28N6O2/c1-12-18(27)25(5)15-10-22-19(24-17(15)26(12)11-20(2,3)4)23-14-8-7-13(21)9-16(14)28-6/h7-10,12H,11,21H2,1-6H3,(H,22,23,24)/t12-/m1/s1. The van der Waals surface area contributed by atoms with Gasteiger partial charge in [-0.2, -0.15) is 4.98 Å². The number of amides is 1. The molecule has 1 aromatic carbocycles. The third kappa shape index (κ3) is 3.81. The molecule has 1 atom stereocenters. The van der Waals surface area contributed by atoms with E-state index in [2.05, 4.69) is 31.1 Å². The molecule has 1 aromatic heterocycles. The molecule has 0 radical (unpaired) electrons. The molecule has 1 aliphatic heterocycles. The Morgan fingerprint density at radius 2 is 2.04 bits per heavy atom. The number of carbonyl (C=O) groups is 1. The van der Waals surface area contributed by atoms with Crippen molar-refractivity contribution in [1.29, 1.82) is 0 Å². The number of anilines is 5. The summed E-state index contributed by atoms with van der Waals surface area (Å²) in [6.45, 7) is 9.03. The SMILES string of the molecule is COc1cc(N)ccc1Nc1ncc2c(n1)N(CC(C)(C)C)[C@H](C)C(=O)N2C. The maximum atomic E-state index is 12.7. The fourth-order valence-corrected chi connectivity index (χ4v) is 3.24. The lowest BCUT2D eigenvalue weighted by Gasteiger charge is -2.41. The number of rotatable bonds is 4. The lowest BCUT2D eigenvalue weighted by molar-refractivity contribution is -0.119. The van der Waals surface area contributed by atoms with Gasteiger partial charge in [0.05, 0.1) is 19.0 Å². The normalized spacial score (nSPS) is 16.8. The number of nitrogens with zero attached hydrogens (tertiary/aromatic N) is 4. The highest BCUT2D eigenvalue weighted by Crippen LogP contribution is 2.37. The molecule has 1 aliphatic rings. The van der Waals surface area contributed by atoms with Crippen molar-refractivity contribution < 1.29 is 9.53 Å². The van der Waals surface area contributed by atoms with E-state index in [-0.39, 0.29) is 17.4 Å². The highest BCUT2D eigenvalue weighted by molar-refractivity contribution is 6.04. The number of benzene rings is 1. The lowest BCUT2D eigenvalue weighted by Crippen LogP contribution is -2.53. The molecular formula is C20H28N6O2. The minimum Gasteiger partial charge on any atom is -0.494 e. The number of carbonyl (C=O) groups excluding carboxylic acids is 1. The Bertz CT molecular complexity index is 893. The van der Waals surface area contributed by atoms with Gasteiger partial charge in [-0.15, -0.1) is 0 Å². The zero-order valence-corrected chi connectivity index (χ0v) is 17.3. The van der Waals surface area contributed by atoms with E-state index in [4.69, 9.17) is 15.5 Å². The van der Waals surface area contributed by atoms with Gasteiger partial charge in [0, 0.05) is 25.3 Å². The van der Waals surface area contributed by atoms with Gasteiger partial charge in [-0.25, -0.2) is 4.98 Å². The summed E-state index contributed by atoms with van der Waals surface area (Å²) < 4.78 is 5.38. The van der Waals surface area contributed by atoms with E-state index in [0.29, 0.717) is 35.3 Å². The zero-order valence-electron chi connectivity index (χ0n) is 17.3. The molecule has 8 heteroatoms. The predicted molar refractivity (Wildman–Crippen MR) is 112 cm³/mol. The Morgan fingerprint density at radius 3 is 2.68 bits per heavy atom. The average molecular weight is 384 g/mol. The highest BCUT2D eigenvalue weighted by atomic mass is 16.5. The molecule has 8 nitrogen and oxygen atoms in total. The summed E-state index contributed by atoms with van der Waals surface area (Å²) in [5, 5.41) is 3.19. The molecule has 0 bridgehead atoms. The third-order valence-electron chi connectivity index (χ3n) is 4.66. The fraction of sp³-hybridized carbons (Fsp3) is 0.450. The van der Waals surface area contributed by atoms with E-state index in [0.717, 1.165) is 5.82 Å². The molecule has 3 N–H and O–H groups in total. The van der Waals surface area contributed by atoms with Gasteiger partial charge >= 0.3 is 0 Å². The van der Waals surface area contributed by atoms with Gasteiger partial charge < -0.3 is 25.6 Å². The van der Waals surface area contributed by atoms with Crippen LogP contribution in [0.2, 0.25) is 0 Å². The van der Waals surface area contributed by atoms with Crippen LogP contribution in [0, 0.1) is 5.41 Å². The van der Waals surface area contributed by atoms with Crippen molar-refractivity contribution in [2.75, 3.05) is 41.6 Å². The minimum absolute atomic E-state index is 0.000437. The number of nitrogens with two attached hydrogens (primary N) is 1. The van der Waals surface area contributed by atoms with E-state index in [1.54, 1.807) is 37.4 Å². The largest absolute Gasteiger partial charge is 0.494 e. The predicted octanol–water partition coefficient (Wildman–Crippen LogP) is 3.03. The number of aromatic nitrogens is 2. The summed E-state index contributed by atoms with van der Waals surface area (Å²) in [6.07, 6.45) is 1.67. The first-order valence-electron chi connectivity index (χ1n) is 9.22. The van der Waals surface area contributed by atoms with Crippen molar-refractivity contribution in [3.63, 3.8) is 0 Å². The van der Waals surface area contributed by atoms with Gasteiger partial charge in [0.1, 0.15) is 17.5 Å². The number of fused-ring (bicyclic) bond motifs is 1. The fourth-order valence-electron chi connectivity index (χ4n) is 3.24. The van der Waals surface area contributed by atoms with E-state index in [1.807, 2.05) is 17.9 Å². The summed E-state index contributed by atoms with van der Waals surface area (Å²) >= 11 is 0. The van der Waals surface area contributed by atoms with Crippen LogP contribution in [-0.2, 0) is 4.79 Å². The Labute approximate surface area is 165 Å². The molecular weight excluding hydrogens is 356 g/mol. The van der Waals surface area contributed by atoms with Gasteiger partial charge in [-0.05, 0) is 24.5 Å². The quantitative estimate of drug-likeness (QED) is 0.782. The number of likely N-dealkylation sites (N-methyl/N-ethyl adjacent to an activating group) is 1. The molecule has 0 spiro atoms. The summed E-state index contributed by atoms with van der Waals surface area (Å²) in [6, 6.07) is 5.04. The minimum atomic E-state index is -0.300. The number of nitrogens with one attached hydrogen (secondary N) is 1. The molecule has 28 heavy (non-hydrogen) atoms. The maximum Gasteiger partial charge on any atom is 0.249 e. The average Bonchev–Trinajstić information content (AvgIpc) is 2.64. The number of hydrogen-bond donors (Lipinski definition) is 2. The number of ether oxygens (including phenoxy) is 1. The van der Waals surface area contributed by atoms with E-state index >= 15 is 0 Å². The molecule has 0 fully saturated rings. The van der Waals surface area contributed by atoms with Crippen LogP contribution >= 0.6 is 0 Å². The first-order valence-corrected chi connectivity index (χ1v) is 9.22. The summed E-state index contributed by atoms with van der Waals surface area (Å²) in [5.74, 6) is 1.79. The Morgan fingerprint density at radius 1 is 1.32 bits per heavy atom.